The molecule has 0 aliphatic carbocycles. The first-order valence-corrected chi connectivity index (χ1v) is 7.04. The second-order valence-corrected chi connectivity index (χ2v) is 5.42. The van der Waals surface area contributed by atoms with Gasteiger partial charge in [-0.25, -0.2) is 0 Å². The first-order valence-electron chi connectivity index (χ1n) is 7.04. The van der Waals surface area contributed by atoms with Crippen molar-refractivity contribution in [3.63, 3.8) is 0 Å². The zero-order valence-electron chi connectivity index (χ0n) is 12.6. The monoisotopic (exact) mass is 265 g/mol. The third kappa shape index (κ3) is 7.19. The van der Waals surface area contributed by atoms with Crippen LogP contribution in [0.3, 0.4) is 0 Å². The number of ether oxygens (including phenoxy) is 2. The van der Waals surface area contributed by atoms with Crippen molar-refractivity contribution in [1.82, 2.24) is 0 Å². The molecule has 1 N–H and O–H groups in total. The summed E-state index contributed by atoms with van der Waals surface area (Å²) >= 11 is 0. The quantitative estimate of drug-likeness (QED) is 0.691. The summed E-state index contributed by atoms with van der Waals surface area (Å²) in [6.07, 6.45) is 1.18. The minimum Gasteiger partial charge on any atom is -0.383 e. The van der Waals surface area contributed by atoms with Gasteiger partial charge in [0.1, 0.15) is 0 Å². The van der Waals surface area contributed by atoms with Crippen LogP contribution in [0.5, 0.6) is 0 Å². The van der Waals surface area contributed by atoms with Crippen molar-refractivity contribution >= 4 is 5.69 Å². The molecule has 0 heterocycles. The highest BCUT2D eigenvalue weighted by Crippen LogP contribution is 2.15. The zero-order valence-corrected chi connectivity index (χ0v) is 12.6. The Kier molecular flexibility index (Phi) is 7.53. The van der Waals surface area contributed by atoms with Crippen LogP contribution in [-0.2, 0) is 16.1 Å². The van der Waals surface area contributed by atoms with E-state index in [0.29, 0.717) is 31.8 Å². The van der Waals surface area contributed by atoms with Crippen molar-refractivity contribution in [2.75, 3.05) is 25.6 Å². The molecule has 0 aromatic heterocycles. The van der Waals surface area contributed by atoms with E-state index < -0.39 is 0 Å². The van der Waals surface area contributed by atoms with E-state index in [4.69, 9.17) is 9.47 Å². The molecule has 1 aromatic carbocycles. The lowest BCUT2D eigenvalue weighted by molar-refractivity contribution is 0.0617. The van der Waals surface area contributed by atoms with Crippen molar-refractivity contribution in [3.05, 3.63) is 29.8 Å². The fourth-order valence-corrected chi connectivity index (χ4v) is 2.13. The van der Waals surface area contributed by atoms with Crippen molar-refractivity contribution < 1.29 is 9.47 Å². The SMILES string of the molecule is COCCOCc1cccc(NC(C)CC(C)C)c1. The third-order valence-corrected chi connectivity index (χ3v) is 2.87. The second kappa shape index (κ2) is 8.94. The molecule has 1 atom stereocenters. The van der Waals surface area contributed by atoms with Gasteiger partial charge in [0.15, 0.2) is 0 Å². The molecule has 1 rings (SSSR count). The lowest BCUT2D eigenvalue weighted by atomic mass is 10.0. The number of rotatable bonds is 9. The average Bonchev–Trinajstić information content (AvgIpc) is 2.34. The van der Waals surface area contributed by atoms with Gasteiger partial charge < -0.3 is 14.8 Å². The van der Waals surface area contributed by atoms with Crippen LogP contribution >= 0.6 is 0 Å². The van der Waals surface area contributed by atoms with Gasteiger partial charge in [-0.2, -0.15) is 0 Å². The lowest BCUT2D eigenvalue weighted by Crippen LogP contribution is -2.17. The molecule has 0 saturated heterocycles. The maximum Gasteiger partial charge on any atom is 0.0718 e. The van der Waals surface area contributed by atoms with Gasteiger partial charge >= 0.3 is 0 Å². The number of benzene rings is 1. The molecular weight excluding hydrogens is 238 g/mol. The molecule has 108 valence electrons. The van der Waals surface area contributed by atoms with E-state index in [2.05, 4.69) is 50.4 Å². The van der Waals surface area contributed by atoms with Crippen LogP contribution in [0.1, 0.15) is 32.8 Å². The minimum absolute atomic E-state index is 0.490. The molecule has 0 fully saturated rings. The highest BCUT2D eigenvalue weighted by Gasteiger charge is 2.05. The molecule has 0 aliphatic heterocycles. The number of nitrogens with one attached hydrogen (secondary N) is 1. The molecule has 0 radical (unpaired) electrons. The Labute approximate surface area is 117 Å². The van der Waals surface area contributed by atoms with E-state index in [-0.39, 0.29) is 0 Å². The molecular formula is C16H27NO2. The molecule has 0 spiro atoms. The van der Waals surface area contributed by atoms with E-state index in [0.717, 1.165) is 0 Å². The molecule has 3 heteroatoms. The largest absolute Gasteiger partial charge is 0.383 e. The summed E-state index contributed by atoms with van der Waals surface area (Å²) in [4.78, 5) is 0. The summed E-state index contributed by atoms with van der Waals surface area (Å²) in [6.45, 7) is 8.64. The first kappa shape index (κ1) is 16.0. The van der Waals surface area contributed by atoms with Crippen LogP contribution in [-0.4, -0.2) is 26.4 Å². The van der Waals surface area contributed by atoms with Crippen LogP contribution in [0.4, 0.5) is 5.69 Å². The van der Waals surface area contributed by atoms with Crippen molar-refractivity contribution in [2.24, 2.45) is 5.92 Å². The molecule has 3 nitrogen and oxygen atoms in total. The summed E-state index contributed by atoms with van der Waals surface area (Å²) in [7, 11) is 1.68. The Balaban J connectivity index is 2.42. The van der Waals surface area contributed by atoms with Gasteiger partial charge in [-0.1, -0.05) is 26.0 Å². The standard InChI is InChI=1S/C16H27NO2/c1-13(2)10-14(3)17-16-7-5-6-15(11-16)12-19-9-8-18-4/h5-7,11,13-14,17H,8-10,12H2,1-4H3. The summed E-state index contributed by atoms with van der Waals surface area (Å²) in [5, 5.41) is 3.53. The van der Waals surface area contributed by atoms with Crippen LogP contribution < -0.4 is 5.32 Å². The number of hydrogen-bond donors (Lipinski definition) is 1. The van der Waals surface area contributed by atoms with Crippen molar-refractivity contribution in [1.29, 1.82) is 0 Å². The van der Waals surface area contributed by atoms with Gasteiger partial charge in [0.25, 0.3) is 0 Å². The van der Waals surface area contributed by atoms with Crippen LogP contribution in [0.25, 0.3) is 0 Å². The average molecular weight is 265 g/mol. The normalized spacial score (nSPS) is 12.7. The minimum atomic E-state index is 0.490. The van der Waals surface area contributed by atoms with E-state index in [1.165, 1.54) is 17.7 Å². The Hall–Kier alpha value is -1.06. The van der Waals surface area contributed by atoms with E-state index >= 15 is 0 Å². The highest BCUT2D eigenvalue weighted by atomic mass is 16.5. The fraction of sp³-hybridized carbons (Fsp3) is 0.625. The summed E-state index contributed by atoms with van der Waals surface area (Å²) in [5.41, 5.74) is 2.36. The lowest BCUT2D eigenvalue weighted by Gasteiger charge is -2.17. The maximum absolute atomic E-state index is 5.53. The second-order valence-electron chi connectivity index (χ2n) is 5.42. The maximum atomic E-state index is 5.53. The number of anilines is 1. The predicted octanol–water partition coefficient (Wildman–Crippen LogP) is 3.70. The molecule has 1 unspecified atom stereocenters. The van der Waals surface area contributed by atoms with Crippen LogP contribution in [0, 0.1) is 5.92 Å². The fourth-order valence-electron chi connectivity index (χ4n) is 2.13. The van der Waals surface area contributed by atoms with Gasteiger partial charge in [0, 0.05) is 18.8 Å². The van der Waals surface area contributed by atoms with Crippen LogP contribution in [0.15, 0.2) is 24.3 Å². The molecule has 0 amide bonds. The van der Waals surface area contributed by atoms with Crippen LogP contribution in [0.2, 0.25) is 0 Å². The summed E-state index contributed by atoms with van der Waals surface area (Å²) in [5.74, 6) is 0.711. The van der Waals surface area contributed by atoms with Gasteiger partial charge in [-0.15, -0.1) is 0 Å². The van der Waals surface area contributed by atoms with Gasteiger partial charge in [-0.3, -0.25) is 0 Å². The van der Waals surface area contributed by atoms with Gasteiger partial charge in [-0.05, 0) is 37.0 Å². The first-order chi connectivity index (χ1) is 9.11. The summed E-state index contributed by atoms with van der Waals surface area (Å²) in [6, 6.07) is 8.91. The van der Waals surface area contributed by atoms with E-state index in [1.807, 2.05) is 0 Å². The molecule has 0 bridgehead atoms. The molecule has 19 heavy (non-hydrogen) atoms. The van der Waals surface area contributed by atoms with Crippen molar-refractivity contribution in [2.45, 2.75) is 39.8 Å². The molecule has 0 saturated carbocycles. The van der Waals surface area contributed by atoms with Gasteiger partial charge in [0.05, 0.1) is 19.8 Å². The smallest absolute Gasteiger partial charge is 0.0718 e. The molecule has 0 aliphatic rings. The third-order valence-electron chi connectivity index (χ3n) is 2.87. The Morgan fingerprint density at radius 2 is 1.95 bits per heavy atom. The highest BCUT2D eigenvalue weighted by molar-refractivity contribution is 5.46. The Morgan fingerprint density at radius 1 is 1.16 bits per heavy atom. The number of methoxy groups -OCH3 is 1. The topological polar surface area (TPSA) is 30.5 Å². The predicted molar refractivity (Wildman–Crippen MR) is 80.5 cm³/mol. The zero-order chi connectivity index (χ0) is 14.1. The van der Waals surface area contributed by atoms with E-state index in [1.54, 1.807) is 7.11 Å². The van der Waals surface area contributed by atoms with Crippen molar-refractivity contribution in [3.8, 4) is 0 Å². The Morgan fingerprint density at radius 3 is 2.63 bits per heavy atom. The Bertz CT molecular complexity index is 352. The van der Waals surface area contributed by atoms with Gasteiger partial charge in [0.2, 0.25) is 0 Å². The molecule has 1 aromatic rings. The van der Waals surface area contributed by atoms with E-state index in [9.17, 15) is 0 Å². The number of hydrogen-bond acceptors (Lipinski definition) is 3. The summed E-state index contributed by atoms with van der Waals surface area (Å²) < 4.78 is 10.5.